The molecule has 3 aromatic rings. The van der Waals surface area contributed by atoms with E-state index in [9.17, 15) is 9.59 Å². The number of hydrogen-bond donors (Lipinski definition) is 2. The van der Waals surface area contributed by atoms with Gasteiger partial charge >= 0.3 is 0 Å². The van der Waals surface area contributed by atoms with E-state index in [0.29, 0.717) is 41.3 Å². The van der Waals surface area contributed by atoms with Crippen LogP contribution >= 0.6 is 0 Å². The lowest BCUT2D eigenvalue weighted by atomic mass is 9.72. The maximum absolute atomic E-state index is 13.6. The van der Waals surface area contributed by atoms with Gasteiger partial charge < -0.3 is 19.8 Å². The van der Waals surface area contributed by atoms with Crippen LogP contribution in [0.25, 0.3) is 0 Å². The first-order valence-electron chi connectivity index (χ1n) is 11.6. The number of aryl methyl sites for hydroxylation is 1. The quantitative estimate of drug-likeness (QED) is 0.547. The number of carbonyl (C=O) groups excluding carboxylic acids is 2. The van der Waals surface area contributed by atoms with E-state index in [0.717, 1.165) is 22.6 Å². The minimum absolute atomic E-state index is 0.00669. The first-order valence-corrected chi connectivity index (χ1v) is 11.6. The van der Waals surface area contributed by atoms with Crippen molar-refractivity contribution in [3.05, 3.63) is 100 Å². The van der Waals surface area contributed by atoms with E-state index in [1.165, 1.54) is 0 Å². The predicted molar refractivity (Wildman–Crippen MR) is 132 cm³/mol. The summed E-state index contributed by atoms with van der Waals surface area (Å²) in [6.07, 6.45) is 4.29. The lowest BCUT2D eigenvalue weighted by Gasteiger charge is -2.36. The Morgan fingerprint density at radius 1 is 1.11 bits per heavy atom. The Labute approximate surface area is 203 Å². The molecule has 5 rings (SSSR count). The Morgan fingerprint density at radius 3 is 2.57 bits per heavy atom. The van der Waals surface area contributed by atoms with E-state index in [1.54, 1.807) is 25.6 Å². The van der Waals surface area contributed by atoms with Gasteiger partial charge in [-0.25, -0.2) is 4.98 Å². The number of furan rings is 1. The van der Waals surface area contributed by atoms with Crippen LogP contribution in [-0.4, -0.2) is 23.8 Å². The second kappa shape index (κ2) is 9.25. The molecule has 35 heavy (non-hydrogen) atoms. The van der Waals surface area contributed by atoms with E-state index < -0.39 is 5.92 Å². The number of benzene rings is 1. The molecule has 7 nitrogen and oxygen atoms in total. The number of hydrogen-bond acceptors (Lipinski definition) is 6. The number of ether oxygens (including phenoxy) is 1. The van der Waals surface area contributed by atoms with E-state index >= 15 is 0 Å². The second-order valence-electron chi connectivity index (χ2n) is 8.98. The van der Waals surface area contributed by atoms with Crippen molar-refractivity contribution in [1.29, 1.82) is 0 Å². The number of pyridine rings is 1. The summed E-state index contributed by atoms with van der Waals surface area (Å²) in [4.78, 5) is 31.5. The first-order chi connectivity index (χ1) is 16.9. The summed E-state index contributed by atoms with van der Waals surface area (Å²) in [5.74, 6) is 1.13. The molecule has 2 aromatic heterocycles. The molecule has 178 valence electrons. The number of carbonyl (C=O) groups is 2. The first kappa shape index (κ1) is 22.7. The zero-order valence-corrected chi connectivity index (χ0v) is 19.9. The highest BCUT2D eigenvalue weighted by Crippen LogP contribution is 2.45. The number of allylic oxidation sites excluding steroid dienone is 3. The van der Waals surface area contributed by atoms with Crippen LogP contribution in [0.3, 0.4) is 0 Å². The number of ketones is 1. The maximum Gasteiger partial charge on any atom is 0.255 e. The molecule has 1 aliphatic heterocycles. The molecular formula is C28H27N3O4. The molecule has 1 aliphatic carbocycles. The largest absolute Gasteiger partial charge is 0.497 e. The number of amides is 1. The summed E-state index contributed by atoms with van der Waals surface area (Å²) in [7, 11) is 1.61. The standard InChI is InChI=1S/C28H27N3O4/c1-16-6-11-24(29-15-16)31-28(33)25-17(2)30-21-13-19(23-5-4-12-35-23)14-22(32)27(21)26(25)18-7-9-20(34-3)10-8-18/h4-12,15,19,26,30H,13-14H2,1-3H3,(H,29,31,33)/t19-,26-/m1/s1. The number of methoxy groups -OCH3 is 1. The zero-order chi connectivity index (χ0) is 24.5. The molecule has 2 atom stereocenters. The molecule has 0 bridgehead atoms. The summed E-state index contributed by atoms with van der Waals surface area (Å²) in [5, 5.41) is 6.29. The van der Waals surface area contributed by atoms with Gasteiger partial charge in [0, 0.05) is 47.0 Å². The van der Waals surface area contributed by atoms with Crippen molar-refractivity contribution in [2.24, 2.45) is 0 Å². The van der Waals surface area contributed by atoms with Gasteiger partial charge in [0.1, 0.15) is 17.3 Å². The number of anilines is 1. The van der Waals surface area contributed by atoms with Gasteiger partial charge in [-0.15, -0.1) is 0 Å². The van der Waals surface area contributed by atoms with E-state index in [-0.39, 0.29) is 17.6 Å². The number of Topliss-reactive ketones (excluding diaryl/α,β-unsaturated/α-hetero) is 1. The third kappa shape index (κ3) is 4.37. The summed E-state index contributed by atoms with van der Waals surface area (Å²) in [6, 6.07) is 14.9. The van der Waals surface area contributed by atoms with Gasteiger partial charge in [0.2, 0.25) is 0 Å². The topological polar surface area (TPSA) is 93.5 Å². The van der Waals surface area contributed by atoms with Crippen LogP contribution in [0.4, 0.5) is 5.82 Å². The molecular weight excluding hydrogens is 442 g/mol. The van der Waals surface area contributed by atoms with Crippen molar-refractivity contribution in [3.8, 4) is 5.75 Å². The molecule has 2 aliphatic rings. The van der Waals surface area contributed by atoms with Gasteiger partial charge in [0.25, 0.3) is 5.91 Å². The molecule has 0 radical (unpaired) electrons. The second-order valence-corrected chi connectivity index (χ2v) is 8.98. The van der Waals surface area contributed by atoms with Crippen LogP contribution < -0.4 is 15.4 Å². The average Bonchev–Trinajstić information content (AvgIpc) is 3.39. The Balaban J connectivity index is 1.55. The molecule has 3 heterocycles. The highest BCUT2D eigenvalue weighted by molar-refractivity contribution is 6.09. The average molecular weight is 470 g/mol. The predicted octanol–water partition coefficient (Wildman–Crippen LogP) is 4.99. The molecule has 0 saturated heterocycles. The maximum atomic E-state index is 13.6. The third-order valence-corrected chi connectivity index (χ3v) is 6.62. The molecule has 0 fully saturated rings. The number of nitrogens with zero attached hydrogens (tertiary/aromatic N) is 1. The van der Waals surface area contributed by atoms with Crippen LogP contribution in [-0.2, 0) is 9.59 Å². The van der Waals surface area contributed by atoms with Crippen molar-refractivity contribution < 1.29 is 18.7 Å². The lowest BCUT2D eigenvalue weighted by Crippen LogP contribution is -2.37. The summed E-state index contributed by atoms with van der Waals surface area (Å²) < 4.78 is 10.9. The monoisotopic (exact) mass is 469 g/mol. The Bertz CT molecular complexity index is 1320. The highest BCUT2D eigenvalue weighted by atomic mass is 16.5. The van der Waals surface area contributed by atoms with Crippen molar-refractivity contribution in [2.75, 3.05) is 12.4 Å². The van der Waals surface area contributed by atoms with Crippen molar-refractivity contribution in [3.63, 3.8) is 0 Å². The van der Waals surface area contributed by atoms with Crippen molar-refractivity contribution >= 4 is 17.5 Å². The third-order valence-electron chi connectivity index (χ3n) is 6.62. The van der Waals surface area contributed by atoms with E-state index in [4.69, 9.17) is 9.15 Å². The van der Waals surface area contributed by atoms with Crippen LogP contribution in [0.15, 0.2) is 87.9 Å². The Morgan fingerprint density at radius 2 is 1.91 bits per heavy atom. The van der Waals surface area contributed by atoms with Gasteiger partial charge in [0.05, 0.1) is 13.4 Å². The molecule has 0 unspecified atom stereocenters. The van der Waals surface area contributed by atoms with Gasteiger partial charge in [-0.2, -0.15) is 0 Å². The summed E-state index contributed by atoms with van der Waals surface area (Å²) in [5.41, 5.74) is 4.54. The van der Waals surface area contributed by atoms with Crippen molar-refractivity contribution in [2.45, 2.75) is 38.5 Å². The smallest absolute Gasteiger partial charge is 0.255 e. The van der Waals surface area contributed by atoms with Gasteiger partial charge in [-0.05, 0) is 61.7 Å². The zero-order valence-electron chi connectivity index (χ0n) is 19.9. The summed E-state index contributed by atoms with van der Waals surface area (Å²) >= 11 is 0. The van der Waals surface area contributed by atoms with Gasteiger partial charge in [0.15, 0.2) is 5.78 Å². The molecule has 7 heteroatoms. The minimum Gasteiger partial charge on any atom is -0.497 e. The van der Waals surface area contributed by atoms with Crippen LogP contribution in [0.2, 0.25) is 0 Å². The molecule has 2 N–H and O–H groups in total. The van der Waals surface area contributed by atoms with Crippen LogP contribution in [0, 0.1) is 6.92 Å². The van der Waals surface area contributed by atoms with E-state index in [2.05, 4.69) is 15.6 Å². The Hall–Kier alpha value is -4.13. The fraction of sp³-hybridized carbons (Fsp3) is 0.250. The fourth-order valence-corrected chi connectivity index (χ4v) is 4.92. The molecule has 0 saturated carbocycles. The fourth-order valence-electron chi connectivity index (χ4n) is 4.92. The van der Waals surface area contributed by atoms with Gasteiger partial charge in [-0.3, -0.25) is 9.59 Å². The van der Waals surface area contributed by atoms with Crippen LogP contribution in [0.1, 0.15) is 48.5 Å². The minimum atomic E-state index is -0.507. The molecule has 1 amide bonds. The number of dihydropyridines is 1. The number of nitrogens with one attached hydrogen (secondary N) is 2. The number of rotatable bonds is 5. The highest BCUT2D eigenvalue weighted by Gasteiger charge is 2.41. The molecule has 0 spiro atoms. The summed E-state index contributed by atoms with van der Waals surface area (Å²) in [6.45, 7) is 3.81. The number of aromatic nitrogens is 1. The van der Waals surface area contributed by atoms with E-state index in [1.807, 2.05) is 56.3 Å². The SMILES string of the molecule is COc1ccc([C@@H]2C(C(=O)Nc3ccc(C)cn3)=C(C)NC3=C2C(=O)C[C@H](c2ccco2)C3)cc1. The lowest BCUT2D eigenvalue weighted by molar-refractivity contribution is -0.116. The Kier molecular flexibility index (Phi) is 5.99. The normalized spacial score (nSPS) is 19.8. The van der Waals surface area contributed by atoms with Crippen LogP contribution in [0.5, 0.6) is 5.75 Å². The van der Waals surface area contributed by atoms with Crippen molar-refractivity contribution in [1.82, 2.24) is 10.3 Å². The van der Waals surface area contributed by atoms with Gasteiger partial charge in [-0.1, -0.05) is 18.2 Å². The molecule has 1 aromatic carbocycles.